The maximum Gasteiger partial charge on any atom is 0.259 e. The number of ether oxygens (including phenoxy) is 1. The Hall–Kier alpha value is -1.66. The molecule has 1 fully saturated rings. The number of aromatic nitrogens is 1. The van der Waals surface area contributed by atoms with E-state index in [-0.39, 0.29) is 18.6 Å². The predicted molar refractivity (Wildman–Crippen MR) is 88.6 cm³/mol. The van der Waals surface area contributed by atoms with Gasteiger partial charge in [-0.1, -0.05) is 13.8 Å². The number of aliphatic hydroxyl groups is 1. The van der Waals surface area contributed by atoms with Crippen molar-refractivity contribution in [3.8, 4) is 5.88 Å². The first-order valence-electron chi connectivity index (χ1n) is 8.20. The molecule has 1 N–H and O–H groups in total. The summed E-state index contributed by atoms with van der Waals surface area (Å²) in [4.78, 5) is 21.1. The van der Waals surface area contributed by atoms with Crippen LogP contribution >= 0.6 is 0 Å². The van der Waals surface area contributed by atoms with Gasteiger partial charge in [0.05, 0.1) is 7.11 Å². The van der Waals surface area contributed by atoms with E-state index in [9.17, 15) is 9.90 Å². The quantitative estimate of drug-likeness (QED) is 0.854. The highest BCUT2D eigenvalue weighted by molar-refractivity contribution is 5.96. The molecule has 128 valence electrons. The molecule has 1 atom stereocenters. The second-order valence-electron chi connectivity index (χ2n) is 6.37. The molecule has 1 aliphatic heterocycles. The fourth-order valence-corrected chi connectivity index (χ4v) is 3.10. The predicted octanol–water partition coefficient (Wildman–Crippen LogP) is 1.25. The van der Waals surface area contributed by atoms with Crippen LogP contribution in [0.4, 0.5) is 0 Å². The first kappa shape index (κ1) is 17.7. The molecule has 1 unspecified atom stereocenters. The van der Waals surface area contributed by atoms with Crippen molar-refractivity contribution in [2.45, 2.75) is 26.3 Å². The molecule has 2 rings (SSSR count). The Morgan fingerprint density at radius 2 is 2.26 bits per heavy atom. The van der Waals surface area contributed by atoms with E-state index in [4.69, 9.17) is 4.74 Å². The van der Waals surface area contributed by atoms with E-state index >= 15 is 0 Å². The maximum atomic E-state index is 12.8. The molecule has 6 heteroatoms. The number of pyridine rings is 1. The van der Waals surface area contributed by atoms with Crippen molar-refractivity contribution in [2.24, 2.45) is 5.92 Å². The first-order valence-corrected chi connectivity index (χ1v) is 8.20. The van der Waals surface area contributed by atoms with Crippen molar-refractivity contribution >= 4 is 5.91 Å². The van der Waals surface area contributed by atoms with Crippen LogP contribution in [0.3, 0.4) is 0 Å². The van der Waals surface area contributed by atoms with Gasteiger partial charge in [-0.25, -0.2) is 4.98 Å². The van der Waals surface area contributed by atoms with Gasteiger partial charge in [-0.2, -0.15) is 0 Å². The molecule has 0 radical (unpaired) electrons. The van der Waals surface area contributed by atoms with E-state index in [0.29, 0.717) is 36.9 Å². The van der Waals surface area contributed by atoms with Gasteiger partial charge in [0.25, 0.3) is 5.91 Å². The summed E-state index contributed by atoms with van der Waals surface area (Å²) >= 11 is 0. The monoisotopic (exact) mass is 321 g/mol. The molecule has 1 saturated heterocycles. The molecular weight excluding hydrogens is 294 g/mol. The third-order valence-corrected chi connectivity index (χ3v) is 4.15. The van der Waals surface area contributed by atoms with Crippen molar-refractivity contribution in [3.05, 3.63) is 23.9 Å². The Kier molecular flexibility index (Phi) is 6.36. The molecular formula is C17H27N3O3. The van der Waals surface area contributed by atoms with Gasteiger partial charge in [-0.3, -0.25) is 9.69 Å². The van der Waals surface area contributed by atoms with Crippen LogP contribution in [0.1, 0.15) is 30.6 Å². The van der Waals surface area contributed by atoms with E-state index in [0.717, 1.165) is 13.1 Å². The minimum absolute atomic E-state index is 0.0536. The lowest BCUT2D eigenvalue weighted by atomic mass is 10.1. The lowest BCUT2D eigenvalue weighted by molar-refractivity contribution is 0.0382. The number of rotatable bonds is 6. The Bertz CT molecular complexity index is 522. The number of amides is 1. The largest absolute Gasteiger partial charge is 0.480 e. The molecule has 1 aliphatic rings. The van der Waals surface area contributed by atoms with Gasteiger partial charge in [0.1, 0.15) is 5.56 Å². The van der Waals surface area contributed by atoms with Gasteiger partial charge < -0.3 is 14.7 Å². The van der Waals surface area contributed by atoms with Crippen LogP contribution in [0.15, 0.2) is 18.3 Å². The highest BCUT2D eigenvalue weighted by Crippen LogP contribution is 2.20. The smallest absolute Gasteiger partial charge is 0.259 e. The number of carbonyl (C=O) groups excluding carboxylic acids is 1. The summed E-state index contributed by atoms with van der Waals surface area (Å²) < 4.78 is 5.20. The maximum absolute atomic E-state index is 12.8. The van der Waals surface area contributed by atoms with Gasteiger partial charge in [0.15, 0.2) is 0 Å². The molecule has 23 heavy (non-hydrogen) atoms. The van der Waals surface area contributed by atoms with E-state index in [1.54, 1.807) is 18.3 Å². The Labute approximate surface area is 138 Å². The average Bonchev–Trinajstić information content (AvgIpc) is 2.55. The van der Waals surface area contributed by atoms with E-state index in [2.05, 4.69) is 23.7 Å². The summed E-state index contributed by atoms with van der Waals surface area (Å²) in [5.74, 6) is 0.875. The summed E-state index contributed by atoms with van der Waals surface area (Å²) in [7, 11) is 1.52. The van der Waals surface area contributed by atoms with Gasteiger partial charge in [-0.05, 0) is 24.5 Å². The molecule has 1 aromatic rings. The lowest BCUT2D eigenvalue weighted by Gasteiger charge is -2.42. The van der Waals surface area contributed by atoms with Gasteiger partial charge in [-0.15, -0.1) is 0 Å². The molecule has 6 nitrogen and oxygen atoms in total. The first-order chi connectivity index (χ1) is 11.1. The Morgan fingerprint density at radius 1 is 1.48 bits per heavy atom. The molecule has 1 aromatic heterocycles. The fraction of sp³-hybridized carbons (Fsp3) is 0.647. The summed E-state index contributed by atoms with van der Waals surface area (Å²) in [5, 5.41) is 9.33. The van der Waals surface area contributed by atoms with E-state index < -0.39 is 0 Å². The second-order valence-corrected chi connectivity index (χ2v) is 6.37. The molecule has 0 spiro atoms. The summed E-state index contributed by atoms with van der Waals surface area (Å²) in [6, 6.07) is 3.69. The van der Waals surface area contributed by atoms with Gasteiger partial charge in [0, 0.05) is 45.0 Å². The van der Waals surface area contributed by atoms with Crippen LogP contribution in [0, 0.1) is 5.92 Å². The summed E-state index contributed by atoms with van der Waals surface area (Å²) in [5.41, 5.74) is 0.495. The molecule has 0 aromatic carbocycles. The minimum Gasteiger partial charge on any atom is -0.480 e. The number of methoxy groups -OCH3 is 1. The van der Waals surface area contributed by atoms with Gasteiger partial charge in [0.2, 0.25) is 5.88 Å². The van der Waals surface area contributed by atoms with Crippen molar-refractivity contribution in [3.63, 3.8) is 0 Å². The highest BCUT2D eigenvalue weighted by Gasteiger charge is 2.31. The minimum atomic E-state index is -0.0536. The number of hydrogen-bond acceptors (Lipinski definition) is 5. The zero-order chi connectivity index (χ0) is 16.8. The third kappa shape index (κ3) is 4.42. The number of nitrogens with zero attached hydrogens (tertiary/aromatic N) is 3. The molecule has 2 heterocycles. The van der Waals surface area contributed by atoms with Crippen molar-refractivity contribution < 1.29 is 14.6 Å². The van der Waals surface area contributed by atoms with Crippen LogP contribution in [0.2, 0.25) is 0 Å². The lowest BCUT2D eigenvalue weighted by Crippen LogP contribution is -2.55. The Balaban J connectivity index is 2.10. The zero-order valence-electron chi connectivity index (χ0n) is 14.2. The van der Waals surface area contributed by atoms with Crippen molar-refractivity contribution in [1.82, 2.24) is 14.8 Å². The molecule has 0 bridgehead atoms. The van der Waals surface area contributed by atoms with Crippen LogP contribution in [-0.2, 0) is 0 Å². The van der Waals surface area contributed by atoms with Crippen molar-refractivity contribution in [2.75, 3.05) is 39.9 Å². The normalized spacial score (nSPS) is 19.2. The van der Waals surface area contributed by atoms with E-state index in [1.165, 1.54) is 7.11 Å². The average molecular weight is 321 g/mol. The highest BCUT2D eigenvalue weighted by atomic mass is 16.5. The SMILES string of the molecule is COc1ncccc1C(=O)N1CCN(CC(C)C)C(CCO)C1. The number of carbonyl (C=O) groups is 1. The van der Waals surface area contributed by atoms with Crippen LogP contribution in [-0.4, -0.2) is 71.7 Å². The van der Waals surface area contributed by atoms with Gasteiger partial charge >= 0.3 is 0 Å². The topological polar surface area (TPSA) is 65.9 Å². The standard InChI is InChI=1S/C17H27N3O3/c1-13(2)11-19-8-9-20(12-14(19)6-10-21)17(22)15-5-4-7-18-16(15)23-3/h4-5,7,13-14,21H,6,8-12H2,1-3H3. The van der Waals surface area contributed by atoms with E-state index in [1.807, 2.05) is 4.90 Å². The molecule has 0 saturated carbocycles. The summed E-state index contributed by atoms with van der Waals surface area (Å²) in [6.07, 6.45) is 2.30. The van der Waals surface area contributed by atoms with Crippen LogP contribution < -0.4 is 4.74 Å². The number of hydrogen-bond donors (Lipinski definition) is 1. The molecule has 1 amide bonds. The fourth-order valence-electron chi connectivity index (χ4n) is 3.10. The number of piperazine rings is 1. The van der Waals surface area contributed by atoms with Crippen LogP contribution in [0.25, 0.3) is 0 Å². The second kappa shape index (κ2) is 8.26. The zero-order valence-corrected chi connectivity index (χ0v) is 14.2. The molecule has 0 aliphatic carbocycles. The Morgan fingerprint density at radius 3 is 2.91 bits per heavy atom. The number of aliphatic hydroxyl groups excluding tert-OH is 1. The third-order valence-electron chi connectivity index (χ3n) is 4.15. The summed E-state index contributed by atoms with van der Waals surface area (Å²) in [6.45, 7) is 7.65. The van der Waals surface area contributed by atoms with Crippen LogP contribution in [0.5, 0.6) is 5.88 Å². The van der Waals surface area contributed by atoms with Crippen molar-refractivity contribution in [1.29, 1.82) is 0 Å².